The van der Waals surface area contributed by atoms with Crippen LogP contribution in [0.4, 0.5) is 5.69 Å². The maximum Gasteiger partial charge on any atom is 0.335 e. The van der Waals surface area contributed by atoms with Crippen molar-refractivity contribution in [2.24, 2.45) is 0 Å². The van der Waals surface area contributed by atoms with Gasteiger partial charge < -0.3 is 14.6 Å². The number of rotatable bonds is 7. The van der Waals surface area contributed by atoms with Gasteiger partial charge in [0, 0.05) is 6.54 Å². The van der Waals surface area contributed by atoms with Gasteiger partial charge in [-0.2, -0.15) is 4.41 Å². The van der Waals surface area contributed by atoms with Crippen LogP contribution < -0.4 is 13.9 Å². The normalized spacial score (nSPS) is 18.3. The molecule has 150 valence electrons. The summed E-state index contributed by atoms with van der Waals surface area (Å²) < 4.78 is 34.6. The molecular formula is C19H22N2O6S. The predicted octanol–water partition coefficient (Wildman–Crippen LogP) is 2.79. The highest BCUT2D eigenvalue weighted by atomic mass is 32.2. The fourth-order valence-electron chi connectivity index (χ4n) is 3.18. The number of aromatic carboxylic acids is 1. The number of hydrazine groups is 1. The molecule has 0 aliphatic carbocycles. The second kappa shape index (κ2) is 9.05. The number of benzene rings is 2. The summed E-state index contributed by atoms with van der Waals surface area (Å²) in [7, 11) is 1.39. The van der Waals surface area contributed by atoms with Gasteiger partial charge in [-0.1, -0.05) is 18.2 Å². The van der Waals surface area contributed by atoms with Gasteiger partial charge in [-0.25, -0.2) is 14.0 Å². The first-order valence-electron chi connectivity index (χ1n) is 8.78. The smallest absolute Gasteiger partial charge is 0.335 e. The van der Waals surface area contributed by atoms with Crippen LogP contribution in [0.3, 0.4) is 0 Å². The molecule has 0 radical (unpaired) electrons. The van der Waals surface area contributed by atoms with E-state index in [-0.39, 0.29) is 17.4 Å². The molecule has 2 aromatic rings. The summed E-state index contributed by atoms with van der Waals surface area (Å²) in [5.74, 6) is -0.154. The largest absolute Gasteiger partial charge is 0.494 e. The third-order valence-electron chi connectivity index (χ3n) is 4.44. The Morgan fingerprint density at radius 2 is 2.00 bits per heavy atom. The minimum atomic E-state index is -2.37. The van der Waals surface area contributed by atoms with Crippen LogP contribution >= 0.6 is 0 Å². The highest BCUT2D eigenvalue weighted by molar-refractivity contribution is 7.80. The maximum atomic E-state index is 12.1. The molecule has 9 heteroatoms. The number of nitrogens with zero attached hydrogens (tertiary/aromatic N) is 2. The first-order chi connectivity index (χ1) is 13.5. The lowest BCUT2D eigenvalue weighted by atomic mass is 10.1. The van der Waals surface area contributed by atoms with Crippen molar-refractivity contribution in [1.29, 1.82) is 0 Å². The highest BCUT2D eigenvalue weighted by Crippen LogP contribution is 2.33. The van der Waals surface area contributed by atoms with Gasteiger partial charge in [-0.05, 0) is 43.2 Å². The molecule has 8 nitrogen and oxygen atoms in total. The number of hydrogen-bond donors (Lipinski definition) is 2. The molecule has 1 aliphatic rings. The van der Waals surface area contributed by atoms with Crippen molar-refractivity contribution in [3.05, 3.63) is 54.1 Å². The first-order valence-corrected chi connectivity index (χ1v) is 9.85. The van der Waals surface area contributed by atoms with Gasteiger partial charge in [0.15, 0.2) is 0 Å². The monoisotopic (exact) mass is 406 g/mol. The van der Waals surface area contributed by atoms with Crippen molar-refractivity contribution in [2.45, 2.75) is 18.9 Å². The van der Waals surface area contributed by atoms with Crippen molar-refractivity contribution in [1.82, 2.24) is 5.01 Å². The summed E-state index contributed by atoms with van der Waals surface area (Å²) in [6, 6.07) is 13.6. The van der Waals surface area contributed by atoms with E-state index in [2.05, 4.69) is 0 Å². The molecule has 2 aromatic carbocycles. The standard InChI is InChI=1S/C19H22N2O6S/c1-26-18-12-14(19(22)23)9-10-17(18)21(28(24)25)20-11-5-8-16(13-20)27-15-6-3-2-4-7-15/h2-4,6-7,9-10,12,16H,5,8,11,13H2,1H3,(H,22,23)(H,24,25). The minimum Gasteiger partial charge on any atom is -0.494 e. The number of anilines is 1. The average molecular weight is 406 g/mol. The Hall–Kier alpha value is -2.62. The van der Waals surface area contributed by atoms with Crippen LogP contribution in [0, 0.1) is 0 Å². The number of ether oxygens (including phenoxy) is 2. The van der Waals surface area contributed by atoms with Gasteiger partial charge in [0.1, 0.15) is 23.3 Å². The van der Waals surface area contributed by atoms with E-state index in [9.17, 15) is 13.6 Å². The second-order valence-corrected chi connectivity index (χ2v) is 7.11. The first kappa shape index (κ1) is 20.1. The fourth-order valence-corrected chi connectivity index (χ4v) is 3.84. The Labute approximate surface area is 165 Å². The van der Waals surface area contributed by atoms with Gasteiger partial charge in [-0.3, -0.25) is 4.55 Å². The molecule has 0 saturated carbocycles. The number of carboxylic acids is 1. The molecule has 1 aliphatic heterocycles. The van der Waals surface area contributed by atoms with Crippen LogP contribution in [0.2, 0.25) is 0 Å². The van der Waals surface area contributed by atoms with Crippen LogP contribution in [-0.2, 0) is 11.3 Å². The van der Waals surface area contributed by atoms with Gasteiger partial charge in [-0.15, -0.1) is 0 Å². The highest BCUT2D eigenvalue weighted by Gasteiger charge is 2.31. The molecular weight excluding hydrogens is 384 g/mol. The van der Waals surface area contributed by atoms with E-state index in [4.69, 9.17) is 14.6 Å². The summed E-state index contributed by atoms with van der Waals surface area (Å²) in [6.07, 6.45) is 1.46. The van der Waals surface area contributed by atoms with Gasteiger partial charge in [0.25, 0.3) is 11.3 Å². The summed E-state index contributed by atoms with van der Waals surface area (Å²) in [4.78, 5) is 11.2. The number of para-hydroxylation sites is 1. The average Bonchev–Trinajstić information content (AvgIpc) is 2.69. The SMILES string of the molecule is COc1cc(C(=O)O)ccc1N(N1CCCC(Oc2ccccc2)C1)S(=O)O. The molecule has 1 saturated heterocycles. The molecule has 2 N–H and O–H groups in total. The zero-order chi connectivity index (χ0) is 20.1. The zero-order valence-corrected chi connectivity index (χ0v) is 16.2. The molecule has 3 rings (SSSR count). The van der Waals surface area contributed by atoms with E-state index in [1.807, 2.05) is 30.3 Å². The molecule has 0 amide bonds. The van der Waals surface area contributed by atoms with E-state index in [0.29, 0.717) is 18.8 Å². The van der Waals surface area contributed by atoms with E-state index in [1.54, 1.807) is 5.01 Å². The van der Waals surface area contributed by atoms with E-state index >= 15 is 0 Å². The minimum absolute atomic E-state index is 0.0354. The van der Waals surface area contributed by atoms with Crippen LogP contribution in [0.1, 0.15) is 23.2 Å². The Kier molecular flexibility index (Phi) is 6.50. The van der Waals surface area contributed by atoms with Crippen LogP contribution in [0.15, 0.2) is 48.5 Å². The molecule has 0 aromatic heterocycles. The molecule has 0 bridgehead atoms. The van der Waals surface area contributed by atoms with Crippen molar-refractivity contribution in [2.75, 3.05) is 24.6 Å². The zero-order valence-electron chi connectivity index (χ0n) is 15.4. The quantitative estimate of drug-likeness (QED) is 0.682. The lowest BCUT2D eigenvalue weighted by molar-refractivity contribution is 0.0696. The summed E-state index contributed by atoms with van der Waals surface area (Å²) in [5.41, 5.74) is 0.349. The second-order valence-electron chi connectivity index (χ2n) is 6.30. The number of carboxylic acid groups (broad SMARTS) is 1. The third kappa shape index (κ3) is 4.61. The molecule has 2 unspecified atom stereocenters. The Balaban J connectivity index is 1.84. The number of hydrogen-bond acceptors (Lipinski definition) is 5. The molecule has 0 spiro atoms. The van der Waals surface area contributed by atoms with Crippen LogP contribution in [0.25, 0.3) is 0 Å². The van der Waals surface area contributed by atoms with Crippen LogP contribution in [0.5, 0.6) is 11.5 Å². The Morgan fingerprint density at radius 1 is 1.25 bits per heavy atom. The van der Waals surface area contributed by atoms with E-state index in [1.165, 1.54) is 29.7 Å². The molecule has 2 atom stereocenters. The summed E-state index contributed by atoms with van der Waals surface area (Å²) in [5, 5.41) is 10.9. The van der Waals surface area contributed by atoms with Crippen molar-refractivity contribution < 1.29 is 28.1 Å². The summed E-state index contributed by atoms with van der Waals surface area (Å²) >= 11 is -2.37. The van der Waals surface area contributed by atoms with E-state index < -0.39 is 17.2 Å². The summed E-state index contributed by atoms with van der Waals surface area (Å²) in [6.45, 7) is 0.968. The lowest BCUT2D eigenvalue weighted by Gasteiger charge is -2.39. The molecule has 28 heavy (non-hydrogen) atoms. The Bertz CT molecular complexity index is 848. The fraction of sp³-hybridized carbons (Fsp3) is 0.316. The number of piperidine rings is 1. The van der Waals surface area contributed by atoms with Crippen LogP contribution in [-0.4, -0.2) is 51.1 Å². The molecule has 1 fully saturated rings. The molecule has 1 heterocycles. The van der Waals surface area contributed by atoms with Gasteiger partial charge in [0.2, 0.25) is 0 Å². The number of carbonyl (C=O) groups is 1. The van der Waals surface area contributed by atoms with Crippen molar-refractivity contribution in [3.8, 4) is 11.5 Å². The van der Waals surface area contributed by atoms with E-state index in [0.717, 1.165) is 18.6 Å². The third-order valence-corrected chi connectivity index (χ3v) is 5.16. The Morgan fingerprint density at radius 3 is 2.64 bits per heavy atom. The number of methoxy groups -OCH3 is 1. The van der Waals surface area contributed by atoms with Crippen molar-refractivity contribution >= 4 is 22.9 Å². The van der Waals surface area contributed by atoms with Crippen molar-refractivity contribution in [3.63, 3.8) is 0 Å². The predicted molar refractivity (Wildman–Crippen MR) is 105 cm³/mol. The van der Waals surface area contributed by atoms with Gasteiger partial charge in [0.05, 0.1) is 19.2 Å². The maximum absolute atomic E-state index is 12.1. The van der Waals surface area contributed by atoms with Gasteiger partial charge >= 0.3 is 5.97 Å². The lowest BCUT2D eigenvalue weighted by Crippen LogP contribution is -2.51. The topological polar surface area (TPSA) is 99.5 Å².